The van der Waals surface area contributed by atoms with Gasteiger partial charge in [0.15, 0.2) is 0 Å². The summed E-state index contributed by atoms with van der Waals surface area (Å²) in [5, 5.41) is 6.16. The molecule has 0 unspecified atom stereocenters. The summed E-state index contributed by atoms with van der Waals surface area (Å²) in [5.41, 5.74) is 1.39. The molecular weight excluding hydrogens is 318 g/mol. The van der Waals surface area contributed by atoms with Gasteiger partial charge in [-0.2, -0.15) is 0 Å². The van der Waals surface area contributed by atoms with E-state index in [0.717, 1.165) is 30.2 Å². The fourth-order valence-corrected chi connectivity index (χ4v) is 3.08. The molecule has 1 N–H and O–H groups in total. The van der Waals surface area contributed by atoms with Crippen molar-refractivity contribution in [2.75, 3.05) is 26.2 Å². The maximum atomic E-state index is 12.1. The number of hydrogen-bond donors (Lipinski definition) is 1. The maximum absolute atomic E-state index is 12.1. The van der Waals surface area contributed by atoms with Crippen LogP contribution < -0.4 is 5.32 Å². The zero-order valence-electron chi connectivity index (χ0n) is 12.8. The molecule has 4 nitrogen and oxygen atoms in total. The Balaban J connectivity index is 1.95. The second kappa shape index (κ2) is 8.27. The Morgan fingerprint density at radius 2 is 2.14 bits per heavy atom. The van der Waals surface area contributed by atoms with Crippen LogP contribution in [-0.2, 0) is 0 Å². The van der Waals surface area contributed by atoms with Crippen molar-refractivity contribution in [1.29, 1.82) is 0 Å². The van der Waals surface area contributed by atoms with E-state index in [1.165, 1.54) is 11.3 Å². The van der Waals surface area contributed by atoms with Gasteiger partial charge < -0.3 is 10.2 Å². The Labute approximate surface area is 140 Å². The number of aromatic nitrogens is 1. The normalized spacial score (nSPS) is 10.9. The lowest BCUT2D eigenvalue weighted by Crippen LogP contribution is -2.34. The average molecular weight is 338 g/mol. The molecule has 6 heteroatoms. The van der Waals surface area contributed by atoms with Gasteiger partial charge in [-0.25, -0.2) is 4.98 Å². The first-order valence-corrected chi connectivity index (χ1v) is 8.61. The third-order valence-electron chi connectivity index (χ3n) is 3.42. The molecule has 0 aliphatic rings. The Morgan fingerprint density at radius 3 is 2.82 bits per heavy atom. The van der Waals surface area contributed by atoms with E-state index in [9.17, 15) is 4.79 Å². The van der Waals surface area contributed by atoms with Crippen molar-refractivity contribution in [1.82, 2.24) is 15.2 Å². The number of benzene rings is 1. The van der Waals surface area contributed by atoms with Gasteiger partial charge in [0.25, 0.3) is 5.91 Å². The minimum absolute atomic E-state index is 0.128. The molecule has 1 aromatic heterocycles. The Hall–Kier alpha value is -1.43. The summed E-state index contributed by atoms with van der Waals surface area (Å²) < 4.78 is 0. The molecule has 118 valence electrons. The zero-order chi connectivity index (χ0) is 15.9. The van der Waals surface area contributed by atoms with E-state index in [1.54, 1.807) is 5.38 Å². The van der Waals surface area contributed by atoms with Gasteiger partial charge in [-0.1, -0.05) is 37.6 Å². The number of halogens is 1. The van der Waals surface area contributed by atoms with Gasteiger partial charge in [0.1, 0.15) is 10.7 Å². The van der Waals surface area contributed by atoms with Crippen LogP contribution >= 0.6 is 22.9 Å². The monoisotopic (exact) mass is 337 g/mol. The molecule has 0 saturated heterocycles. The van der Waals surface area contributed by atoms with Crippen LogP contribution in [0.15, 0.2) is 29.6 Å². The molecule has 1 aromatic carbocycles. The van der Waals surface area contributed by atoms with Crippen molar-refractivity contribution in [3.05, 3.63) is 40.4 Å². The minimum Gasteiger partial charge on any atom is -0.349 e. The van der Waals surface area contributed by atoms with Crippen molar-refractivity contribution in [3.63, 3.8) is 0 Å². The predicted octanol–water partition coefficient (Wildman–Crippen LogP) is 3.54. The number of rotatable bonds is 7. The molecule has 0 saturated carbocycles. The molecule has 0 spiro atoms. The first-order valence-electron chi connectivity index (χ1n) is 7.36. The van der Waals surface area contributed by atoms with Crippen molar-refractivity contribution in [3.8, 4) is 10.6 Å². The van der Waals surface area contributed by atoms with Crippen LogP contribution in [0.1, 0.15) is 24.3 Å². The molecular formula is C16H20ClN3OS. The second-order valence-corrected chi connectivity index (χ2v) is 6.13. The number of nitrogens with zero attached hydrogens (tertiary/aromatic N) is 2. The van der Waals surface area contributed by atoms with E-state index >= 15 is 0 Å². The van der Waals surface area contributed by atoms with Gasteiger partial charge >= 0.3 is 0 Å². The molecule has 0 aliphatic carbocycles. The van der Waals surface area contributed by atoms with Crippen LogP contribution in [0.2, 0.25) is 5.02 Å². The van der Waals surface area contributed by atoms with Gasteiger partial charge in [-0.05, 0) is 25.2 Å². The van der Waals surface area contributed by atoms with Gasteiger partial charge in [0.05, 0.1) is 0 Å². The largest absolute Gasteiger partial charge is 0.349 e. The van der Waals surface area contributed by atoms with E-state index in [0.29, 0.717) is 17.3 Å². The summed E-state index contributed by atoms with van der Waals surface area (Å²) in [7, 11) is 0. The molecule has 0 bridgehead atoms. The number of hydrogen-bond acceptors (Lipinski definition) is 4. The SMILES string of the molecule is CCN(CC)CCNC(=O)c1csc(-c2cccc(Cl)c2)n1. The number of amides is 1. The zero-order valence-corrected chi connectivity index (χ0v) is 14.4. The van der Waals surface area contributed by atoms with Crippen LogP contribution in [0.25, 0.3) is 10.6 Å². The van der Waals surface area contributed by atoms with E-state index < -0.39 is 0 Å². The fourth-order valence-electron chi connectivity index (χ4n) is 2.09. The van der Waals surface area contributed by atoms with Crippen molar-refractivity contribution in [2.24, 2.45) is 0 Å². The van der Waals surface area contributed by atoms with E-state index in [-0.39, 0.29) is 5.91 Å². The van der Waals surface area contributed by atoms with E-state index in [1.807, 2.05) is 24.3 Å². The Morgan fingerprint density at radius 1 is 1.36 bits per heavy atom. The molecule has 1 amide bonds. The smallest absolute Gasteiger partial charge is 0.270 e. The highest BCUT2D eigenvalue weighted by Gasteiger charge is 2.12. The van der Waals surface area contributed by atoms with Crippen molar-refractivity contribution >= 4 is 28.8 Å². The van der Waals surface area contributed by atoms with Crippen LogP contribution in [0.5, 0.6) is 0 Å². The lowest BCUT2D eigenvalue weighted by atomic mass is 10.2. The lowest BCUT2D eigenvalue weighted by molar-refractivity contribution is 0.0944. The molecule has 0 aliphatic heterocycles. The van der Waals surface area contributed by atoms with Crippen LogP contribution in [0, 0.1) is 0 Å². The molecule has 0 radical (unpaired) electrons. The average Bonchev–Trinajstić information content (AvgIpc) is 3.01. The lowest BCUT2D eigenvalue weighted by Gasteiger charge is -2.17. The van der Waals surface area contributed by atoms with E-state index in [4.69, 9.17) is 11.6 Å². The molecule has 2 rings (SSSR count). The standard InChI is InChI=1S/C16H20ClN3OS/c1-3-20(4-2)9-8-18-15(21)14-11-22-16(19-14)12-6-5-7-13(17)10-12/h5-7,10-11H,3-4,8-9H2,1-2H3,(H,18,21). The third-order valence-corrected chi connectivity index (χ3v) is 4.54. The first kappa shape index (κ1) is 16.9. The van der Waals surface area contributed by atoms with Crippen LogP contribution in [0.4, 0.5) is 0 Å². The van der Waals surface area contributed by atoms with Crippen molar-refractivity contribution < 1.29 is 4.79 Å². The molecule has 0 fully saturated rings. The highest BCUT2D eigenvalue weighted by atomic mass is 35.5. The second-order valence-electron chi connectivity index (χ2n) is 4.83. The summed E-state index contributed by atoms with van der Waals surface area (Å²) in [6, 6.07) is 7.48. The summed E-state index contributed by atoms with van der Waals surface area (Å²) in [6.45, 7) is 7.69. The summed E-state index contributed by atoms with van der Waals surface area (Å²) in [5.74, 6) is -0.128. The number of nitrogens with one attached hydrogen (secondary N) is 1. The Bertz CT molecular complexity index is 625. The van der Waals surface area contributed by atoms with Crippen molar-refractivity contribution in [2.45, 2.75) is 13.8 Å². The number of thiazole rings is 1. The fraction of sp³-hybridized carbons (Fsp3) is 0.375. The highest BCUT2D eigenvalue weighted by Crippen LogP contribution is 2.25. The summed E-state index contributed by atoms with van der Waals surface area (Å²) in [6.07, 6.45) is 0. The predicted molar refractivity (Wildman–Crippen MR) is 92.7 cm³/mol. The summed E-state index contributed by atoms with van der Waals surface area (Å²) >= 11 is 7.43. The number of carbonyl (C=O) groups excluding carboxylic acids is 1. The first-order chi connectivity index (χ1) is 10.6. The van der Waals surface area contributed by atoms with E-state index in [2.05, 4.69) is 29.0 Å². The Kier molecular flexibility index (Phi) is 6.36. The molecule has 2 aromatic rings. The molecule has 22 heavy (non-hydrogen) atoms. The quantitative estimate of drug-likeness (QED) is 0.840. The van der Waals surface area contributed by atoms with Crippen LogP contribution in [-0.4, -0.2) is 42.0 Å². The number of likely N-dealkylation sites (N-methyl/N-ethyl adjacent to an activating group) is 1. The van der Waals surface area contributed by atoms with Gasteiger partial charge in [0.2, 0.25) is 0 Å². The number of carbonyl (C=O) groups is 1. The van der Waals surface area contributed by atoms with Gasteiger partial charge in [-0.15, -0.1) is 11.3 Å². The minimum atomic E-state index is -0.128. The highest BCUT2D eigenvalue weighted by molar-refractivity contribution is 7.13. The van der Waals surface area contributed by atoms with Gasteiger partial charge in [-0.3, -0.25) is 4.79 Å². The summed E-state index contributed by atoms with van der Waals surface area (Å²) in [4.78, 5) is 18.8. The van der Waals surface area contributed by atoms with Gasteiger partial charge in [0, 0.05) is 29.1 Å². The molecule has 1 heterocycles. The van der Waals surface area contributed by atoms with Crippen LogP contribution in [0.3, 0.4) is 0 Å². The third kappa shape index (κ3) is 4.53. The topological polar surface area (TPSA) is 45.2 Å². The maximum Gasteiger partial charge on any atom is 0.270 e. The molecule has 0 atom stereocenters.